The summed E-state index contributed by atoms with van der Waals surface area (Å²) in [5.74, 6) is 1.62. The van der Waals surface area contributed by atoms with E-state index in [1.165, 1.54) is 0 Å². The molecule has 2 aromatic rings. The Bertz CT molecular complexity index is 515. The molecule has 0 amide bonds. The van der Waals surface area contributed by atoms with Crippen LogP contribution in [0.15, 0.2) is 28.8 Å². The summed E-state index contributed by atoms with van der Waals surface area (Å²) in [4.78, 5) is 4.39. The molecule has 1 unspecified atom stereocenters. The van der Waals surface area contributed by atoms with Gasteiger partial charge in [0.2, 0.25) is 11.7 Å². The lowest BCUT2D eigenvalue weighted by atomic mass is 10.0. The van der Waals surface area contributed by atoms with Gasteiger partial charge in [-0.1, -0.05) is 5.16 Å². The van der Waals surface area contributed by atoms with Crippen molar-refractivity contribution in [3.63, 3.8) is 0 Å². The SMILES string of the molecule is Oc1ccc(-c2noc(C3CCCOC3)n2)cc1. The summed E-state index contributed by atoms with van der Waals surface area (Å²) in [6, 6.07) is 6.74. The number of aromatic nitrogens is 2. The van der Waals surface area contributed by atoms with Crippen molar-refractivity contribution in [1.29, 1.82) is 0 Å². The number of benzene rings is 1. The molecule has 1 atom stereocenters. The molecule has 1 N–H and O–H groups in total. The first-order valence-electron chi connectivity index (χ1n) is 6.04. The molecule has 94 valence electrons. The molecule has 0 spiro atoms. The van der Waals surface area contributed by atoms with Crippen molar-refractivity contribution >= 4 is 0 Å². The molecule has 1 aromatic carbocycles. The highest BCUT2D eigenvalue weighted by Gasteiger charge is 2.22. The lowest BCUT2D eigenvalue weighted by molar-refractivity contribution is 0.0705. The van der Waals surface area contributed by atoms with E-state index in [0.29, 0.717) is 18.3 Å². The number of phenolic OH excluding ortho intramolecular Hbond substituents is 1. The van der Waals surface area contributed by atoms with Crippen molar-refractivity contribution in [3.05, 3.63) is 30.2 Å². The zero-order valence-corrected chi connectivity index (χ0v) is 9.87. The van der Waals surface area contributed by atoms with Crippen LogP contribution in [0, 0.1) is 0 Å². The van der Waals surface area contributed by atoms with E-state index in [0.717, 1.165) is 25.0 Å². The highest BCUT2D eigenvalue weighted by Crippen LogP contribution is 2.26. The molecular formula is C13H14N2O3. The largest absolute Gasteiger partial charge is 0.508 e. The summed E-state index contributed by atoms with van der Waals surface area (Å²) in [5, 5.41) is 13.2. The Morgan fingerprint density at radius 2 is 2.06 bits per heavy atom. The molecule has 1 aliphatic rings. The van der Waals surface area contributed by atoms with Crippen LogP contribution in [0.2, 0.25) is 0 Å². The van der Waals surface area contributed by atoms with E-state index in [4.69, 9.17) is 9.26 Å². The van der Waals surface area contributed by atoms with Gasteiger partial charge in [0.25, 0.3) is 0 Å². The van der Waals surface area contributed by atoms with Crippen LogP contribution in [-0.2, 0) is 4.74 Å². The Balaban J connectivity index is 1.82. The molecule has 1 fully saturated rings. The predicted molar refractivity (Wildman–Crippen MR) is 64.2 cm³/mol. The fourth-order valence-electron chi connectivity index (χ4n) is 2.06. The van der Waals surface area contributed by atoms with E-state index in [1.807, 2.05) is 0 Å². The first-order chi connectivity index (χ1) is 8.83. The van der Waals surface area contributed by atoms with Crippen LogP contribution in [0.1, 0.15) is 24.7 Å². The normalized spacial score (nSPS) is 19.9. The molecular weight excluding hydrogens is 232 g/mol. The second-order valence-corrected chi connectivity index (χ2v) is 4.42. The van der Waals surface area contributed by atoms with Crippen LogP contribution in [0.3, 0.4) is 0 Å². The van der Waals surface area contributed by atoms with Gasteiger partial charge in [0.15, 0.2) is 0 Å². The average Bonchev–Trinajstić information content (AvgIpc) is 2.90. The number of ether oxygens (including phenoxy) is 1. The molecule has 1 aliphatic heterocycles. The monoisotopic (exact) mass is 246 g/mol. The number of hydrogen-bond acceptors (Lipinski definition) is 5. The quantitative estimate of drug-likeness (QED) is 0.880. The molecule has 2 heterocycles. The van der Waals surface area contributed by atoms with Crippen molar-refractivity contribution in [2.24, 2.45) is 0 Å². The topological polar surface area (TPSA) is 68.4 Å². The van der Waals surface area contributed by atoms with Crippen LogP contribution in [-0.4, -0.2) is 28.5 Å². The Labute approximate surface area is 104 Å². The minimum atomic E-state index is 0.206. The highest BCUT2D eigenvalue weighted by molar-refractivity contribution is 5.55. The zero-order chi connectivity index (χ0) is 12.4. The Hall–Kier alpha value is -1.88. The molecule has 5 heteroatoms. The lowest BCUT2D eigenvalue weighted by Gasteiger charge is -2.17. The zero-order valence-electron chi connectivity index (χ0n) is 9.87. The molecule has 3 rings (SSSR count). The summed E-state index contributed by atoms with van der Waals surface area (Å²) in [7, 11) is 0. The maximum atomic E-state index is 9.23. The van der Waals surface area contributed by atoms with Gasteiger partial charge in [-0.3, -0.25) is 0 Å². The van der Waals surface area contributed by atoms with Gasteiger partial charge < -0.3 is 14.4 Å². The van der Waals surface area contributed by atoms with Gasteiger partial charge in [0.05, 0.1) is 12.5 Å². The lowest BCUT2D eigenvalue weighted by Crippen LogP contribution is -2.15. The van der Waals surface area contributed by atoms with Crippen molar-refractivity contribution in [3.8, 4) is 17.1 Å². The summed E-state index contributed by atoms with van der Waals surface area (Å²) in [6.07, 6.45) is 2.05. The van der Waals surface area contributed by atoms with Crippen molar-refractivity contribution < 1.29 is 14.4 Å². The van der Waals surface area contributed by atoms with Crippen LogP contribution >= 0.6 is 0 Å². The predicted octanol–water partition coefficient (Wildman–Crippen LogP) is 2.34. The molecule has 1 aromatic heterocycles. The third-order valence-electron chi connectivity index (χ3n) is 3.08. The van der Waals surface area contributed by atoms with E-state index >= 15 is 0 Å². The van der Waals surface area contributed by atoms with E-state index in [9.17, 15) is 5.11 Å². The third-order valence-corrected chi connectivity index (χ3v) is 3.08. The number of phenols is 1. The van der Waals surface area contributed by atoms with Crippen molar-refractivity contribution in [2.75, 3.05) is 13.2 Å². The van der Waals surface area contributed by atoms with Gasteiger partial charge >= 0.3 is 0 Å². The summed E-state index contributed by atoms with van der Waals surface area (Å²) >= 11 is 0. The van der Waals surface area contributed by atoms with Gasteiger partial charge in [-0.25, -0.2) is 0 Å². The van der Waals surface area contributed by atoms with E-state index in [2.05, 4.69) is 10.1 Å². The summed E-state index contributed by atoms with van der Waals surface area (Å²) in [5.41, 5.74) is 0.833. The van der Waals surface area contributed by atoms with Crippen LogP contribution in [0.25, 0.3) is 11.4 Å². The maximum Gasteiger partial charge on any atom is 0.232 e. The highest BCUT2D eigenvalue weighted by atomic mass is 16.5. The fraction of sp³-hybridized carbons (Fsp3) is 0.385. The summed E-state index contributed by atoms with van der Waals surface area (Å²) < 4.78 is 10.7. The minimum Gasteiger partial charge on any atom is -0.508 e. The Kier molecular flexibility index (Phi) is 2.98. The van der Waals surface area contributed by atoms with Gasteiger partial charge in [-0.15, -0.1) is 0 Å². The second kappa shape index (κ2) is 4.78. The molecule has 1 saturated heterocycles. The van der Waals surface area contributed by atoms with Crippen LogP contribution in [0.5, 0.6) is 5.75 Å². The first-order valence-corrected chi connectivity index (χ1v) is 6.04. The van der Waals surface area contributed by atoms with Gasteiger partial charge in [-0.05, 0) is 37.1 Å². The molecule has 5 nitrogen and oxygen atoms in total. The average molecular weight is 246 g/mol. The molecule has 0 saturated carbocycles. The molecule has 0 bridgehead atoms. The minimum absolute atomic E-state index is 0.206. The standard InChI is InChI=1S/C13H14N2O3/c16-11-5-3-9(4-6-11)12-14-13(18-15-12)10-2-1-7-17-8-10/h3-6,10,16H,1-2,7-8H2. The van der Waals surface area contributed by atoms with Gasteiger partial charge in [-0.2, -0.15) is 4.98 Å². The number of hydrogen-bond donors (Lipinski definition) is 1. The summed E-state index contributed by atoms with van der Waals surface area (Å²) in [6.45, 7) is 1.46. The molecule has 18 heavy (non-hydrogen) atoms. The van der Waals surface area contributed by atoms with Crippen LogP contribution in [0.4, 0.5) is 0 Å². The maximum absolute atomic E-state index is 9.23. The first kappa shape index (κ1) is 11.2. The second-order valence-electron chi connectivity index (χ2n) is 4.42. The Morgan fingerprint density at radius 1 is 1.22 bits per heavy atom. The van der Waals surface area contributed by atoms with E-state index in [1.54, 1.807) is 24.3 Å². The Morgan fingerprint density at radius 3 is 2.78 bits per heavy atom. The number of nitrogens with zero attached hydrogens (tertiary/aromatic N) is 2. The fourth-order valence-corrected chi connectivity index (χ4v) is 2.06. The third kappa shape index (κ3) is 2.22. The van der Waals surface area contributed by atoms with E-state index in [-0.39, 0.29) is 11.7 Å². The van der Waals surface area contributed by atoms with Gasteiger partial charge in [0, 0.05) is 12.2 Å². The number of rotatable bonds is 2. The smallest absolute Gasteiger partial charge is 0.232 e. The van der Waals surface area contributed by atoms with E-state index < -0.39 is 0 Å². The number of aromatic hydroxyl groups is 1. The van der Waals surface area contributed by atoms with Crippen LogP contribution < -0.4 is 0 Å². The molecule has 0 radical (unpaired) electrons. The van der Waals surface area contributed by atoms with Crippen molar-refractivity contribution in [1.82, 2.24) is 10.1 Å². The molecule has 0 aliphatic carbocycles. The van der Waals surface area contributed by atoms with Crippen molar-refractivity contribution in [2.45, 2.75) is 18.8 Å². The van der Waals surface area contributed by atoms with Gasteiger partial charge in [0.1, 0.15) is 5.75 Å².